The number of fused-ring (bicyclic) bond motifs is 2. The van der Waals surface area contributed by atoms with Crippen molar-refractivity contribution in [2.75, 3.05) is 12.3 Å². The quantitative estimate of drug-likeness (QED) is 0.905. The highest BCUT2D eigenvalue weighted by atomic mass is 16.6. The van der Waals surface area contributed by atoms with E-state index in [0.717, 1.165) is 35.5 Å². The second-order valence-corrected chi connectivity index (χ2v) is 6.12. The number of nitrogen functional groups attached to an aromatic ring is 1. The summed E-state index contributed by atoms with van der Waals surface area (Å²) in [6.45, 7) is 0.646. The smallest absolute Gasteiger partial charge is 0.120 e. The van der Waals surface area contributed by atoms with Crippen LogP contribution in [0.1, 0.15) is 25.7 Å². The Labute approximate surface area is 124 Å². The molecule has 110 valence electrons. The van der Waals surface area contributed by atoms with Gasteiger partial charge in [-0.3, -0.25) is 0 Å². The molecule has 0 unspecified atom stereocenters. The van der Waals surface area contributed by atoms with Crippen LogP contribution in [0.5, 0.6) is 5.75 Å². The Morgan fingerprint density at radius 1 is 1.29 bits per heavy atom. The largest absolute Gasteiger partial charge is 0.491 e. The van der Waals surface area contributed by atoms with Gasteiger partial charge in [-0.15, -0.1) is 0 Å². The number of benzene rings is 1. The van der Waals surface area contributed by atoms with Crippen molar-refractivity contribution in [3.63, 3.8) is 0 Å². The molecule has 2 bridgehead atoms. The van der Waals surface area contributed by atoms with E-state index in [-0.39, 0.29) is 5.60 Å². The number of H-pyrrole nitrogens is 1. The lowest BCUT2D eigenvalue weighted by molar-refractivity contribution is -0.0198. The predicted octanol–water partition coefficient (Wildman–Crippen LogP) is 3.35. The van der Waals surface area contributed by atoms with Gasteiger partial charge in [-0.25, -0.2) is 0 Å². The van der Waals surface area contributed by atoms with Crippen LogP contribution in [0, 0.1) is 0 Å². The van der Waals surface area contributed by atoms with Crippen molar-refractivity contribution in [1.82, 2.24) is 4.98 Å². The first-order valence-corrected chi connectivity index (χ1v) is 7.58. The third kappa shape index (κ3) is 2.29. The average molecular weight is 284 g/mol. The molecule has 0 saturated carbocycles. The summed E-state index contributed by atoms with van der Waals surface area (Å²) in [7, 11) is 0. The topological polar surface area (TPSA) is 60.3 Å². The van der Waals surface area contributed by atoms with Gasteiger partial charge in [0.15, 0.2) is 0 Å². The lowest BCUT2D eigenvalue weighted by atomic mass is 9.89. The molecule has 3 N–H and O–H groups in total. The Hall–Kier alpha value is -1.94. The van der Waals surface area contributed by atoms with Crippen LogP contribution in [0.3, 0.4) is 0 Å². The molecule has 2 aliphatic heterocycles. The van der Waals surface area contributed by atoms with Gasteiger partial charge >= 0.3 is 0 Å². The second-order valence-electron chi connectivity index (χ2n) is 6.12. The van der Waals surface area contributed by atoms with Crippen LogP contribution >= 0.6 is 0 Å². The lowest BCUT2D eigenvalue weighted by Gasteiger charge is -2.24. The molecule has 1 aromatic carbocycles. The van der Waals surface area contributed by atoms with Crippen molar-refractivity contribution in [3.05, 3.63) is 36.5 Å². The molecule has 0 aliphatic carbocycles. The molecule has 4 rings (SSSR count). The number of nitrogens with two attached hydrogens (primary N) is 1. The summed E-state index contributed by atoms with van der Waals surface area (Å²) < 4.78 is 12.1. The van der Waals surface area contributed by atoms with Crippen molar-refractivity contribution in [1.29, 1.82) is 0 Å². The fourth-order valence-corrected chi connectivity index (χ4v) is 3.47. The van der Waals surface area contributed by atoms with E-state index in [1.54, 1.807) is 0 Å². The number of ether oxygens (including phenoxy) is 2. The van der Waals surface area contributed by atoms with E-state index in [4.69, 9.17) is 15.2 Å². The molecule has 1 aromatic heterocycles. The minimum Gasteiger partial charge on any atom is -0.491 e. The van der Waals surface area contributed by atoms with Gasteiger partial charge in [0.1, 0.15) is 18.0 Å². The molecule has 21 heavy (non-hydrogen) atoms. The third-order valence-corrected chi connectivity index (χ3v) is 4.66. The zero-order valence-electron chi connectivity index (χ0n) is 12.0. The van der Waals surface area contributed by atoms with E-state index in [0.29, 0.717) is 12.7 Å². The van der Waals surface area contributed by atoms with Crippen LogP contribution in [0.15, 0.2) is 36.5 Å². The third-order valence-electron chi connectivity index (χ3n) is 4.66. The van der Waals surface area contributed by atoms with Crippen molar-refractivity contribution < 1.29 is 9.47 Å². The summed E-state index contributed by atoms with van der Waals surface area (Å²) in [5, 5.41) is 0. The molecule has 3 heterocycles. The van der Waals surface area contributed by atoms with Crippen molar-refractivity contribution in [2.45, 2.75) is 37.4 Å². The Bertz CT molecular complexity index is 642. The van der Waals surface area contributed by atoms with E-state index in [2.05, 4.69) is 4.98 Å². The van der Waals surface area contributed by atoms with Crippen molar-refractivity contribution in [3.8, 4) is 17.0 Å². The average Bonchev–Trinajstić information content (AvgIpc) is 3.21. The van der Waals surface area contributed by atoms with Gasteiger partial charge in [-0.2, -0.15) is 0 Å². The van der Waals surface area contributed by atoms with Gasteiger partial charge in [-0.05, 0) is 43.9 Å². The molecule has 2 fully saturated rings. The van der Waals surface area contributed by atoms with Gasteiger partial charge in [0.2, 0.25) is 0 Å². The Kier molecular flexibility index (Phi) is 2.93. The summed E-state index contributed by atoms with van der Waals surface area (Å²) in [6, 6.07) is 9.91. The Balaban J connectivity index is 1.50. The van der Waals surface area contributed by atoms with Crippen molar-refractivity contribution in [2.24, 2.45) is 0 Å². The van der Waals surface area contributed by atoms with E-state index < -0.39 is 0 Å². The molecular formula is C17H20N2O2. The summed E-state index contributed by atoms with van der Waals surface area (Å²) >= 11 is 0. The highest BCUT2D eigenvalue weighted by Crippen LogP contribution is 2.43. The molecule has 4 nitrogen and oxygen atoms in total. The normalized spacial score (nSPS) is 27.1. The second kappa shape index (κ2) is 4.81. The monoisotopic (exact) mass is 284 g/mol. The highest BCUT2D eigenvalue weighted by molar-refractivity contribution is 5.73. The van der Waals surface area contributed by atoms with Crippen molar-refractivity contribution >= 4 is 5.69 Å². The van der Waals surface area contributed by atoms with E-state index in [9.17, 15) is 0 Å². The molecule has 0 atom stereocenters. The van der Waals surface area contributed by atoms with Crippen LogP contribution in [0.4, 0.5) is 5.69 Å². The van der Waals surface area contributed by atoms with Gasteiger partial charge in [0.05, 0.1) is 17.5 Å². The summed E-state index contributed by atoms with van der Waals surface area (Å²) in [4.78, 5) is 3.17. The fourth-order valence-electron chi connectivity index (χ4n) is 3.47. The minimum atomic E-state index is -0.0356. The van der Waals surface area contributed by atoms with E-state index in [1.165, 1.54) is 12.8 Å². The number of hydrogen-bond acceptors (Lipinski definition) is 3. The van der Waals surface area contributed by atoms with Gasteiger partial charge in [-0.1, -0.05) is 12.1 Å². The molecule has 0 radical (unpaired) electrons. The Morgan fingerprint density at radius 3 is 2.81 bits per heavy atom. The maximum atomic E-state index is 6.05. The van der Waals surface area contributed by atoms with Crippen LogP contribution < -0.4 is 10.5 Å². The number of aromatic amines is 1. The van der Waals surface area contributed by atoms with Crippen LogP contribution in [-0.2, 0) is 4.74 Å². The Morgan fingerprint density at radius 2 is 2.14 bits per heavy atom. The SMILES string of the molecule is Nc1cc[nH]c1-c1cccc(OCC23CCC(CC2)O3)c1. The van der Waals surface area contributed by atoms with Gasteiger partial charge in [0.25, 0.3) is 0 Å². The predicted molar refractivity (Wildman–Crippen MR) is 82.2 cm³/mol. The van der Waals surface area contributed by atoms with Crippen LogP contribution in [0.25, 0.3) is 11.3 Å². The number of anilines is 1. The zero-order valence-corrected chi connectivity index (χ0v) is 12.0. The standard InChI is InChI=1S/C17H20N2O2/c18-15-6-9-19-16(15)12-2-1-3-14(10-12)20-11-17-7-4-13(21-17)5-8-17/h1-3,6,9-10,13,19H,4-5,7-8,11,18H2. The first kappa shape index (κ1) is 12.8. The molecule has 2 aromatic rings. The molecule has 2 saturated heterocycles. The molecule has 0 spiro atoms. The first-order chi connectivity index (χ1) is 10.2. The summed E-state index contributed by atoms with van der Waals surface area (Å²) in [5.74, 6) is 0.870. The van der Waals surface area contributed by atoms with Gasteiger partial charge in [0, 0.05) is 11.8 Å². The maximum Gasteiger partial charge on any atom is 0.120 e. The number of rotatable bonds is 4. The number of hydrogen-bond donors (Lipinski definition) is 2. The number of aromatic nitrogens is 1. The number of nitrogens with one attached hydrogen (secondary N) is 1. The van der Waals surface area contributed by atoms with E-state index in [1.807, 2.05) is 36.5 Å². The van der Waals surface area contributed by atoms with Crippen LogP contribution in [0.2, 0.25) is 0 Å². The first-order valence-electron chi connectivity index (χ1n) is 7.58. The van der Waals surface area contributed by atoms with E-state index >= 15 is 0 Å². The molecular weight excluding hydrogens is 264 g/mol. The highest BCUT2D eigenvalue weighted by Gasteiger charge is 2.46. The molecule has 4 heteroatoms. The molecule has 0 amide bonds. The fraction of sp³-hybridized carbons (Fsp3) is 0.412. The maximum absolute atomic E-state index is 6.05. The summed E-state index contributed by atoms with van der Waals surface area (Å²) in [6.07, 6.45) is 6.94. The minimum absolute atomic E-state index is 0.0356. The lowest BCUT2D eigenvalue weighted by Crippen LogP contribution is -2.32. The van der Waals surface area contributed by atoms with Crippen LogP contribution in [-0.4, -0.2) is 23.3 Å². The zero-order chi connectivity index (χ0) is 14.3. The molecule has 2 aliphatic rings. The summed E-state index contributed by atoms with van der Waals surface area (Å²) in [5.41, 5.74) is 8.66. The van der Waals surface area contributed by atoms with Gasteiger partial charge < -0.3 is 20.2 Å².